The van der Waals surface area contributed by atoms with Gasteiger partial charge in [0.05, 0.1) is 18.6 Å². The minimum Gasteiger partial charge on any atom is -0.497 e. The molecule has 1 atom stereocenters. The van der Waals surface area contributed by atoms with E-state index in [4.69, 9.17) is 15.9 Å². The van der Waals surface area contributed by atoms with Crippen LogP contribution in [0.15, 0.2) is 29.2 Å². The van der Waals surface area contributed by atoms with Gasteiger partial charge in [-0.2, -0.15) is 4.31 Å². The minimum absolute atomic E-state index is 0.0303. The van der Waals surface area contributed by atoms with Crippen LogP contribution in [0.4, 0.5) is 0 Å². The Balaban J connectivity index is 3.36. The summed E-state index contributed by atoms with van der Waals surface area (Å²) < 4.78 is 37.7. The molecule has 0 N–H and O–H groups in total. The molecule has 0 amide bonds. The van der Waals surface area contributed by atoms with Gasteiger partial charge in [0, 0.05) is 0 Å². The Labute approximate surface area is 156 Å². The van der Waals surface area contributed by atoms with Gasteiger partial charge in [-0.05, 0) is 51.0 Å². The topological polar surface area (TPSA) is 72.9 Å². The Kier molecular flexibility index (Phi) is 7.25. The van der Waals surface area contributed by atoms with Crippen molar-refractivity contribution in [2.24, 2.45) is 5.92 Å². The zero-order valence-electron chi connectivity index (χ0n) is 16.1. The summed E-state index contributed by atoms with van der Waals surface area (Å²) in [6.07, 6.45) is 5.39. The van der Waals surface area contributed by atoms with Crippen molar-refractivity contribution in [2.75, 3.05) is 13.7 Å². The summed E-state index contributed by atoms with van der Waals surface area (Å²) in [7, 11) is -2.51. The van der Waals surface area contributed by atoms with Crippen LogP contribution in [0.2, 0.25) is 0 Å². The molecule has 0 bridgehead atoms. The van der Waals surface area contributed by atoms with Crippen molar-refractivity contribution in [1.29, 1.82) is 0 Å². The van der Waals surface area contributed by atoms with Gasteiger partial charge >= 0.3 is 5.97 Å². The van der Waals surface area contributed by atoms with Gasteiger partial charge in [0.25, 0.3) is 0 Å². The van der Waals surface area contributed by atoms with E-state index < -0.39 is 27.6 Å². The molecule has 7 heteroatoms. The predicted octanol–water partition coefficient (Wildman–Crippen LogP) is 2.69. The minimum atomic E-state index is -4.00. The molecule has 1 aromatic rings. The first kappa shape index (κ1) is 22.0. The lowest BCUT2D eigenvalue weighted by Crippen LogP contribution is -2.50. The van der Waals surface area contributed by atoms with Crippen molar-refractivity contribution in [3.8, 4) is 18.1 Å². The number of benzene rings is 1. The summed E-state index contributed by atoms with van der Waals surface area (Å²) in [5, 5.41) is 0. The van der Waals surface area contributed by atoms with Gasteiger partial charge < -0.3 is 9.47 Å². The van der Waals surface area contributed by atoms with Crippen LogP contribution in [-0.2, 0) is 19.6 Å². The second-order valence-electron chi connectivity index (χ2n) is 7.15. The number of sulfonamides is 1. The summed E-state index contributed by atoms with van der Waals surface area (Å²) in [5.74, 6) is 1.91. The quantitative estimate of drug-likeness (QED) is 0.536. The number of carbonyl (C=O) groups is 1. The molecule has 1 rings (SSSR count). The number of methoxy groups -OCH3 is 1. The Morgan fingerprint density at radius 2 is 1.77 bits per heavy atom. The molecule has 0 aromatic heterocycles. The lowest BCUT2D eigenvalue weighted by atomic mass is 10.0. The maximum Gasteiger partial charge on any atom is 0.325 e. The largest absolute Gasteiger partial charge is 0.497 e. The monoisotopic (exact) mass is 381 g/mol. The molecule has 0 aliphatic heterocycles. The van der Waals surface area contributed by atoms with Crippen LogP contribution >= 0.6 is 0 Å². The second-order valence-corrected chi connectivity index (χ2v) is 9.04. The van der Waals surface area contributed by atoms with E-state index in [1.165, 1.54) is 19.2 Å². The van der Waals surface area contributed by atoms with Gasteiger partial charge in [-0.1, -0.05) is 19.8 Å². The number of terminal acetylenes is 1. The van der Waals surface area contributed by atoms with Crippen LogP contribution in [0.1, 0.15) is 34.6 Å². The van der Waals surface area contributed by atoms with Gasteiger partial charge in [0.15, 0.2) is 0 Å². The van der Waals surface area contributed by atoms with E-state index in [2.05, 4.69) is 5.92 Å². The molecular weight excluding hydrogens is 354 g/mol. The summed E-state index contributed by atoms with van der Waals surface area (Å²) in [6.45, 7) is 8.45. The number of ether oxygens (including phenoxy) is 2. The first-order valence-electron chi connectivity index (χ1n) is 8.26. The van der Waals surface area contributed by atoms with Crippen LogP contribution in [0.3, 0.4) is 0 Å². The van der Waals surface area contributed by atoms with Crippen LogP contribution in [0.5, 0.6) is 5.75 Å². The van der Waals surface area contributed by atoms with Gasteiger partial charge in [-0.15, -0.1) is 6.42 Å². The third-order valence-corrected chi connectivity index (χ3v) is 5.34. The molecule has 0 saturated carbocycles. The zero-order valence-corrected chi connectivity index (χ0v) is 17.0. The molecule has 0 radical (unpaired) electrons. The van der Waals surface area contributed by atoms with Gasteiger partial charge in [0.2, 0.25) is 10.0 Å². The summed E-state index contributed by atoms with van der Waals surface area (Å²) in [5.41, 5.74) is -0.740. The Morgan fingerprint density at radius 3 is 2.15 bits per heavy atom. The number of hydrogen-bond donors (Lipinski definition) is 0. The van der Waals surface area contributed by atoms with Gasteiger partial charge in [-0.3, -0.25) is 4.79 Å². The maximum atomic E-state index is 13.1. The molecule has 0 saturated heterocycles. The van der Waals surface area contributed by atoms with E-state index in [9.17, 15) is 13.2 Å². The summed E-state index contributed by atoms with van der Waals surface area (Å²) in [6, 6.07) is 4.89. The molecule has 1 aromatic carbocycles. The van der Waals surface area contributed by atoms with Crippen molar-refractivity contribution < 1.29 is 22.7 Å². The first-order chi connectivity index (χ1) is 11.9. The lowest BCUT2D eigenvalue weighted by molar-refractivity contribution is -0.161. The van der Waals surface area contributed by atoms with E-state index >= 15 is 0 Å². The standard InChI is InChI=1S/C19H27NO5S/c1-8-13-20(17(14(2)3)18(21)25-19(4,5)6)26(22,23)16-11-9-15(24-7)10-12-16/h1,9-12,14,17H,13H2,2-7H3/t17-/m1/s1. The van der Waals surface area contributed by atoms with E-state index in [0.29, 0.717) is 5.75 Å². The number of nitrogens with zero attached hydrogens (tertiary/aromatic N) is 1. The Bertz CT molecular complexity index is 755. The molecule has 0 heterocycles. The lowest BCUT2D eigenvalue weighted by Gasteiger charge is -2.32. The van der Waals surface area contributed by atoms with Crippen LogP contribution in [-0.4, -0.2) is 44.0 Å². The van der Waals surface area contributed by atoms with Crippen LogP contribution < -0.4 is 4.74 Å². The Hall–Kier alpha value is -2.04. The summed E-state index contributed by atoms with van der Waals surface area (Å²) in [4.78, 5) is 12.7. The van der Waals surface area contributed by atoms with E-state index in [-0.39, 0.29) is 17.4 Å². The predicted molar refractivity (Wildman–Crippen MR) is 100 cm³/mol. The number of rotatable bonds is 7. The molecule has 0 aliphatic rings. The molecule has 0 spiro atoms. The van der Waals surface area contributed by atoms with Crippen LogP contribution in [0, 0.1) is 18.3 Å². The zero-order chi connectivity index (χ0) is 20.1. The van der Waals surface area contributed by atoms with Crippen molar-refractivity contribution in [2.45, 2.75) is 51.2 Å². The van der Waals surface area contributed by atoms with E-state index in [1.807, 2.05) is 0 Å². The Morgan fingerprint density at radius 1 is 1.23 bits per heavy atom. The fraction of sp³-hybridized carbons (Fsp3) is 0.526. The number of hydrogen-bond acceptors (Lipinski definition) is 5. The second kappa shape index (κ2) is 8.56. The first-order valence-corrected chi connectivity index (χ1v) is 9.70. The highest BCUT2D eigenvalue weighted by molar-refractivity contribution is 7.89. The fourth-order valence-electron chi connectivity index (χ4n) is 2.39. The highest BCUT2D eigenvalue weighted by atomic mass is 32.2. The highest BCUT2D eigenvalue weighted by Gasteiger charge is 2.39. The fourth-order valence-corrected chi connectivity index (χ4v) is 4.01. The molecule has 26 heavy (non-hydrogen) atoms. The molecule has 0 fully saturated rings. The maximum absolute atomic E-state index is 13.1. The van der Waals surface area contributed by atoms with E-state index in [1.54, 1.807) is 46.8 Å². The number of carbonyl (C=O) groups excluding carboxylic acids is 1. The van der Waals surface area contributed by atoms with Gasteiger partial charge in [-0.25, -0.2) is 8.42 Å². The van der Waals surface area contributed by atoms with Crippen molar-refractivity contribution in [3.63, 3.8) is 0 Å². The number of esters is 1. The average molecular weight is 381 g/mol. The highest BCUT2D eigenvalue weighted by Crippen LogP contribution is 2.25. The van der Waals surface area contributed by atoms with Crippen molar-refractivity contribution in [3.05, 3.63) is 24.3 Å². The molecular formula is C19H27NO5S. The molecule has 0 unspecified atom stereocenters. The molecule has 0 aliphatic carbocycles. The third kappa shape index (κ3) is 5.48. The van der Waals surface area contributed by atoms with Gasteiger partial charge in [0.1, 0.15) is 17.4 Å². The van der Waals surface area contributed by atoms with Crippen molar-refractivity contribution in [1.82, 2.24) is 4.31 Å². The smallest absolute Gasteiger partial charge is 0.325 e. The summed E-state index contributed by atoms with van der Waals surface area (Å²) >= 11 is 0. The molecule has 6 nitrogen and oxygen atoms in total. The molecule has 144 valence electrons. The van der Waals surface area contributed by atoms with Crippen molar-refractivity contribution >= 4 is 16.0 Å². The van der Waals surface area contributed by atoms with Crippen LogP contribution in [0.25, 0.3) is 0 Å². The normalized spacial score (nSPS) is 13.3. The average Bonchev–Trinajstić information content (AvgIpc) is 2.52. The van der Waals surface area contributed by atoms with E-state index in [0.717, 1.165) is 4.31 Å². The SMILES string of the molecule is C#CCN([C@@H](C(=O)OC(C)(C)C)C(C)C)S(=O)(=O)c1ccc(OC)cc1. The third-order valence-electron chi connectivity index (χ3n) is 3.50.